The first-order valence-corrected chi connectivity index (χ1v) is 5.92. The van der Waals surface area contributed by atoms with Crippen LogP contribution in [0.4, 0.5) is 0 Å². The van der Waals surface area contributed by atoms with Crippen LogP contribution in [0, 0.1) is 5.92 Å². The molecular weight excluding hydrogens is 240 g/mol. The Hall–Kier alpha value is -1.63. The van der Waals surface area contributed by atoms with E-state index >= 15 is 0 Å². The van der Waals surface area contributed by atoms with Gasteiger partial charge in [-0.2, -0.15) is 0 Å². The number of aliphatic hydroxyl groups excluding tert-OH is 1. The van der Waals surface area contributed by atoms with Crippen LogP contribution in [0.1, 0.15) is 19.8 Å². The number of likely N-dealkylation sites (tertiary alicyclic amines) is 1. The number of carboxylic acid groups (broad SMARTS) is 1. The van der Waals surface area contributed by atoms with E-state index in [1.54, 1.807) is 4.90 Å². The molecule has 2 aliphatic rings. The summed E-state index contributed by atoms with van der Waals surface area (Å²) in [5.74, 6) is -1.40. The average molecular weight is 256 g/mol. The van der Waals surface area contributed by atoms with Gasteiger partial charge in [0.15, 0.2) is 5.71 Å². The van der Waals surface area contributed by atoms with Crippen LogP contribution >= 0.6 is 0 Å². The van der Waals surface area contributed by atoms with Gasteiger partial charge in [-0.05, 0) is 12.3 Å². The van der Waals surface area contributed by atoms with Crippen molar-refractivity contribution in [3.8, 4) is 0 Å². The second-order valence-corrected chi connectivity index (χ2v) is 4.76. The second-order valence-electron chi connectivity index (χ2n) is 4.76. The molecule has 7 heteroatoms. The zero-order valence-corrected chi connectivity index (χ0v) is 10.1. The molecule has 1 fully saturated rings. The molecule has 3 atom stereocenters. The van der Waals surface area contributed by atoms with Gasteiger partial charge in [-0.3, -0.25) is 4.79 Å². The second kappa shape index (κ2) is 4.93. The smallest absolute Gasteiger partial charge is 0.353 e. The normalized spacial score (nSPS) is 31.8. The van der Waals surface area contributed by atoms with Crippen molar-refractivity contribution < 1.29 is 24.6 Å². The minimum absolute atomic E-state index is 0.00159. The quantitative estimate of drug-likeness (QED) is 0.690. The van der Waals surface area contributed by atoms with Crippen LogP contribution in [0.5, 0.6) is 0 Å². The Morgan fingerprint density at radius 2 is 2.22 bits per heavy atom. The topological polar surface area (TPSA) is 99.4 Å². The number of piperidine rings is 1. The largest absolute Gasteiger partial charge is 0.477 e. The molecule has 3 unspecified atom stereocenters. The number of amides is 1. The third-order valence-electron chi connectivity index (χ3n) is 3.36. The fraction of sp³-hybridized carbons (Fsp3) is 0.727. The van der Waals surface area contributed by atoms with Crippen molar-refractivity contribution in [2.45, 2.75) is 32.0 Å². The lowest BCUT2D eigenvalue weighted by atomic mass is 9.96. The highest BCUT2D eigenvalue weighted by atomic mass is 16.6. The van der Waals surface area contributed by atoms with Crippen molar-refractivity contribution in [3.63, 3.8) is 0 Å². The zero-order chi connectivity index (χ0) is 13.3. The van der Waals surface area contributed by atoms with Gasteiger partial charge in [0.05, 0.1) is 6.10 Å². The molecular formula is C11H16N2O5. The SMILES string of the molecule is CC1CN(C(=O)C2CC(C(=O)O)=NO2)CCC1O. The fourth-order valence-corrected chi connectivity index (χ4v) is 2.17. The van der Waals surface area contributed by atoms with Gasteiger partial charge >= 0.3 is 5.97 Å². The van der Waals surface area contributed by atoms with Crippen LogP contribution in [0.2, 0.25) is 0 Å². The lowest BCUT2D eigenvalue weighted by Crippen LogP contribution is -2.48. The van der Waals surface area contributed by atoms with E-state index in [-0.39, 0.29) is 30.1 Å². The standard InChI is InChI=1S/C11H16N2O5/c1-6-5-13(3-2-8(6)14)10(15)9-4-7(11(16)17)12-18-9/h6,8-9,14H,2-5H2,1H3,(H,16,17). The number of hydrogen-bond donors (Lipinski definition) is 2. The van der Waals surface area contributed by atoms with E-state index in [1.165, 1.54) is 0 Å². The van der Waals surface area contributed by atoms with Crippen LogP contribution in [-0.2, 0) is 14.4 Å². The first-order valence-electron chi connectivity index (χ1n) is 5.92. The van der Waals surface area contributed by atoms with E-state index in [2.05, 4.69) is 5.16 Å². The van der Waals surface area contributed by atoms with Crippen LogP contribution in [0.25, 0.3) is 0 Å². The van der Waals surface area contributed by atoms with Crippen LogP contribution in [0.15, 0.2) is 5.16 Å². The highest BCUT2D eigenvalue weighted by molar-refractivity contribution is 6.36. The van der Waals surface area contributed by atoms with Gasteiger partial charge in [-0.25, -0.2) is 4.79 Å². The van der Waals surface area contributed by atoms with Crippen molar-refractivity contribution in [1.82, 2.24) is 4.90 Å². The maximum atomic E-state index is 12.1. The summed E-state index contributed by atoms with van der Waals surface area (Å²) in [6.07, 6.45) is -0.684. The highest BCUT2D eigenvalue weighted by Crippen LogP contribution is 2.20. The van der Waals surface area contributed by atoms with Gasteiger partial charge in [0.1, 0.15) is 0 Å². The number of hydrogen-bond acceptors (Lipinski definition) is 5. The van der Waals surface area contributed by atoms with Gasteiger partial charge < -0.3 is 20.0 Å². The van der Waals surface area contributed by atoms with E-state index in [0.717, 1.165) is 0 Å². The molecule has 18 heavy (non-hydrogen) atoms. The van der Waals surface area contributed by atoms with Crippen molar-refractivity contribution in [2.24, 2.45) is 11.1 Å². The van der Waals surface area contributed by atoms with Gasteiger partial charge in [0.2, 0.25) is 6.10 Å². The fourth-order valence-electron chi connectivity index (χ4n) is 2.17. The zero-order valence-electron chi connectivity index (χ0n) is 10.1. The van der Waals surface area contributed by atoms with Crippen molar-refractivity contribution in [3.05, 3.63) is 0 Å². The number of aliphatic carboxylic acids is 1. The number of aliphatic hydroxyl groups is 1. The van der Waals surface area contributed by atoms with Crippen LogP contribution in [-0.4, -0.2) is 58.0 Å². The number of carbonyl (C=O) groups excluding carboxylic acids is 1. The Morgan fingerprint density at radius 3 is 2.78 bits per heavy atom. The summed E-state index contributed by atoms with van der Waals surface area (Å²) < 4.78 is 0. The predicted molar refractivity (Wildman–Crippen MR) is 60.9 cm³/mol. The first kappa shape index (κ1) is 12.8. The molecule has 7 nitrogen and oxygen atoms in total. The summed E-state index contributed by atoms with van der Waals surface area (Å²) in [4.78, 5) is 29.2. The Morgan fingerprint density at radius 1 is 1.50 bits per heavy atom. The molecule has 2 N–H and O–H groups in total. The van der Waals surface area contributed by atoms with Gasteiger partial charge in [-0.1, -0.05) is 12.1 Å². The molecule has 0 saturated carbocycles. The lowest BCUT2D eigenvalue weighted by Gasteiger charge is -2.35. The van der Waals surface area contributed by atoms with Crippen LogP contribution in [0.3, 0.4) is 0 Å². The Labute approximate surface area is 104 Å². The molecule has 0 spiro atoms. The van der Waals surface area contributed by atoms with Gasteiger partial charge in [0, 0.05) is 19.5 Å². The maximum Gasteiger partial charge on any atom is 0.353 e. The Balaban J connectivity index is 1.92. The molecule has 0 radical (unpaired) electrons. The first-order chi connectivity index (χ1) is 8.49. The van der Waals surface area contributed by atoms with E-state index < -0.39 is 12.1 Å². The van der Waals surface area contributed by atoms with Crippen molar-refractivity contribution in [1.29, 1.82) is 0 Å². The minimum atomic E-state index is -1.16. The highest BCUT2D eigenvalue weighted by Gasteiger charge is 2.36. The summed E-state index contributed by atoms with van der Waals surface area (Å²) in [6, 6.07) is 0. The average Bonchev–Trinajstić information content (AvgIpc) is 2.81. The number of nitrogens with zero attached hydrogens (tertiary/aromatic N) is 2. The molecule has 0 aromatic carbocycles. The summed E-state index contributed by atoms with van der Waals surface area (Å²) in [6.45, 7) is 2.80. The number of carboxylic acids is 1. The summed E-state index contributed by atoms with van der Waals surface area (Å²) in [5, 5.41) is 21.7. The molecule has 2 heterocycles. The molecule has 1 amide bonds. The number of rotatable bonds is 2. The number of oxime groups is 1. The number of carbonyl (C=O) groups is 2. The van der Waals surface area contributed by atoms with Crippen LogP contribution < -0.4 is 0 Å². The van der Waals surface area contributed by atoms with E-state index in [1.807, 2.05) is 6.92 Å². The summed E-state index contributed by atoms with van der Waals surface area (Å²) in [7, 11) is 0. The molecule has 0 aromatic rings. The van der Waals surface area contributed by atoms with Gasteiger partial charge in [0.25, 0.3) is 5.91 Å². The third-order valence-corrected chi connectivity index (χ3v) is 3.36. The molecule has 0 aromatic heterocycles. The summed E-state index contributed by atoms with van der Waals surface area (Å²) in [5.41, 5.74) is -0.126. The Bertz CT molecular complexity index is 395. The molecule has 1 saturated heterocycles. The summed E-state index contributed by atoms with van der Waals surface area (Å²) >= 11 is 0. The van der Waals surface area contributed by atoms with Crippen molar-refractivity contribution in [2.75, 3.05) is 13.1 Å². The van der Waals surface area contributed by atoms with Crippen molar-refractivity contribution >= 4 is 17.6 Å². The van der Waals surface area contributed by atoms with E-state index in [9.17, 15) is 14.7 Å². The molecule has 100 valence electrons. The maximum absolute atomic E-state index is 12.1. The molecule has 0 bridgehead atoms. The molecule has 2 aliphatic heterocycles. The van der Waals surface area contributed by atoms with E-state index in [0.29, 0.717) is 19.5 Å². The third kappa shape index (κ3) is 2.45. The minimum Gasteiger partial charge on any atom is -0.477 e. The lowest BCUT2D eigenvalue weighted by molar-refractivity contribution is -0.145. The Kier molecular flexibility index (Phi) is 3.51. The van der Waals surface area contributed by atoms with E-state index in [4.69, 9.17) is 9.94 Å². The predicted octanol–water partition coefficient (Wildman–Crippen LogP) is -0.555. The monoisotopic (exact) mass is 256 g/mol. The van der Waals surface area contributed by atoms with Gasteiger partial charge in [-0.15, -0.1) is 0 Å². The molecule has 2 rings (SSSR count). The molecule has 0 aliphatic carbocycles.